The van der Waals surface area contributed by atoms with Crippen molar-refractivity contribution in [1.82, 2.24) is 4.98 Å². The van der Waals surface area contributed by atoms with Crippen molar-refractivity contribution in [3.8, 4) is 32.8 Å². The number of anilines is 2. The van der Waals surface area contributed by atoms with E-state index >= 15 is 0 Å². The molecule has 6 aromatic rings. The first-order valence-electron chi connectivity index (χ1n) is 11.9. The van der Waals surface area contributed by atoms with E-state index in [2.05, 4.69) is 102 Å². The minimum atomic E-state index is 0.576. The minimum Gasteiger partial charge on any atom is -0.467 e. The van der Waals surface area contributed by atoms with Gasteiger partial charge in [-0.2, -0.15) is 0 Å². The van der Waals surface area contributed by atoms with Crippen LogP contribution >= 0.6 is 11.3 Å². The molecule has 0 N–H and O–H groups in total. The first kappa shape index (κ1) is 22.1. The van der Waals surface area contributed by atoms with Crippen LogP contribution in [0, 0.1) is 0 Å². The predicted molar refractivity (Wildman–Crippen MR) is 149 cm³/mol. The summed E-state index contributed by atoms with van der Waals surface area (Å²) in [5, 5.41) is 0.924. The van der Waals surface area contributed by atoms with Crippen molar-refractivity contribution in [2.75, 3.05) is 4.90 Å². The summed E-state index contributed by atoms with van der Waals surface area (Å²) in [5.41, 5.74) is 6.67. The molecular weight excluding hydrogens is 460 g/mol. The molecule has 0 aliphatic heterocycles. The molecule has 0 radical (unpaired) electrons. The summed E-state index contributed by atoms with van der Waals surface area (Å²) in [6, 6.07) is 43.9. The lowest BCUT2D eigenvalue weighted by molar-refractivity contribution is 0.510. The minimum absolute atomic E-state index is 0.576. The second kappa shape index (κ2) is 10.1. The molecule has 4 heteroatoms. The second-order valence-electron chi connectivity index (χ2n) is 8.45. The monoisotopic (exact) mass is 484 g/mol. The maximum atomic E-state index is 5.79. The number of furan rings is 1. The summed E-state index contributed by atoms with van der Waals surface area (Å²) < 4.78 is 5.79. The molecule has 2 aromatic heterocycles. The Bertz CT molecular complexity index is 1490. The Kier molecular flexibility index (Phi) is 6.17. The van der Waals surface area contributed by atoms with Gasteiger partial charge in [-0.3, -0.25) is 0 Å². The molecule has 3 nitrogen and oxygen atoms in total. The van der Waals surface area contributed by atoms with Crippen LogP contribution in [0.4, 0.5) is 10.8 Å². The fraction of sp³-hybridized carbons (Fsp3) is 0.0312. The number of para-hydroxylation sites is 1. The fourth-order valence-electron chi connectivity index (χ4n) is 4.39. The zero-order chi connectivity index (χ0) is 24.2. The molecule has 0 fully saturated rings. The molecule has 0 spiro atoms. The van der Waals surface area contributed by atoms with E-state index in [1.54, 1.807) is 17.6 Å². The third-order valence-electron chi connectivity index (χ3n) is 6.10. The first-order chi connectivity index (χ1) is 17.9. The number of thiazole rings is 1. The molecule has 0 atom stereocenters. The van der Waals surface area contributed by atoms with Gasteiger partial charge in [0.1, 0.15) is 5.76 Å². The number of aromatic nitrogens is 1. The van der Waals surface area contributed by atoms with E-state index < -0.39 is 0 Å². The van der Waals surface area contributed by atoms with Gasteiger partial charge in [0, 0.05) is 11.1 Å². The van der Waals surface area contributed by atoms with E-state index in [0.29, 0.717) is 6.54 Å². The van der Waals surface area contributed by atoms with Crippen LogP contribution in [-0.4, -0.2) is 4.98 Å². The van der Waals surface area contributed by atoms with E-state index in [1.165, 1.54) is 5.56 Å². The molecule has 0 aliphatic rings. The zero-order valence-corrected chi connectivity index (χ0v) is 20.4. The highest BCUT2D eigenvalue weighted by atomic mass is 32.1. The molecule has 6 rings (SSSR count). The average molecular weight is 485 g/mol. The van der Waals surface area contributed by atoms with Crippen molar-refractivity contribution in [2.24, 2.45) is 0 Å². The summed E-state index contributed by atoms with van der Waals surface area (Å²) in [6.07, 6.45) is 1.73. The van der Waals surface area contributed by atoms with Gasteiger partial charge in [-0.15, -0.1) is 0 Å². The molecule has 0 saturated heterocycles. The van der Waals surface area contributed by atoms with E-state index in [9.17, 15) is 0 Å². The van der Waals surface area contributed by atoms with Gasteiger partial charge in [-0.05, 0) is 29.3 Å². The standard InChI is InChI=1S/C32H24N2OS/c1-4-13-24(14-5-1)28-20-10-11-21-29(28)34(23-27-19-12-22-35-27)32-33-30(25-15-6-2-7-16-25)31(36-32)26-17-8-3-9-18-26/h1-22H,23H2. The Balaban J connectivity index is 1.54. The molecule has 2 heterocycles. The highest BCUT2D eigenvalue weighted by Crippen LogP contribution is 2.44. The molecule has 0 aliphatic carbocycles. The maximum absolute atomic E-state index is 5.79. The normalized spacial score (nSPS) is 10.9. The van der Waals surface area contributed by atoms with Gasteiger partial charge in [0.2, 0.25) is 0 Å². The highest BCUT2D eigenvalue weighted by molar-refractivity contribution is 7.19. The van der Waals surface area contributed by atoms with Gasteiger partial charge < -0.3 is 9.32 Å². The second-order valence-corrected chi connectivity index (χ2v) is 9.43. The molecule has 36 heavy (non-hydrogen) atoms. The Morgan fingerprint density at radius 2 is 1.22 bits per heavy atom. The lowest BCUT2D eigenvalue weighted by atomic mass is 10.0. The molecule has 0 saturated carbocycles. The lowest BCUT2D eigenvalue weighted by Gasteiger charge is -2.24. The molecule has 0 unspecified atom stereocenters. The van der Waals surface area contributed by atoms with E-state index in [-0.39, 0.29) is 0 Å². The number of benzene rings is 4. The molecule has 0 amide bonds. The van der Waals surface area contributed by atoms with Crippen LogP contribution in [0.15, 0.2) is 138 Å². The van der Waals surface area contributed by atoms with Crippen molar-refractivity contribution in [3.05, 3.63) is 139 Å². The van der Waals surface area contributed by atoms with Crippen molar-refractivity contribution < 1.29 is 4.42 Å². The van der Waals surface area contributed by atoms with Gasteiger partial charge >= 0.3 is 0 Å². The Morgan fingerprint density at radius 3 is 1.89 bits per heavy atom. The van der Waals surface area contributed by atoms with E-state index in [1.807, 2.05) is 30.3 Å². The summed E-state index contributed by atoms with van der Waals surface area (Å²) in [6.45, 7) is 0.576. The number of rotatable bonds is 7. The van der Waals surface area contributed by atoms with Gasteiger partial charge in [0.15, 0.2) is 5.13 Å². The third-order valence-corrected chi connectivity index (χ3v) is 7.23. The average Bonchev–Trinajstić information content (AvgIpc) is 3.64. The van der Waals surface area contributed by atoms with Gasteiger partial charge in [-0.1, -0.05) is 121 Å². The van der Waals surface area contributed by atoms with Crippen molar-refractivity contribution >= 4 is 22.2 Å². The van der Waals surface area contributed by atoms with E-state index in [0.717, 1.165) is 43.8 Å². The van der Waals surface area contributed by atoms with Gasteiger partial charge in [-0.25, -0.2) is 4.98 Å². The van der Waals surface area contributed by atoms with Gasteiger partial charge in [0.05, 0.1) is 29.1 Å². The SMILES string of the molecule is c1ccc(-c2ccccc2N(Cc2ccco2)c2nc(-c3ccccc3)c(-c3ccccc3)s2)cc1. The Morgan fingerprint density at radius 1 is 0.611 bits per heavy atom. The molecule has 174 valence electrons. The van der Waals surface area contributed by atoms with Crippen LogP contribution in [0.3, 0.4) is 0 Å². The summed E-state index contributed by atoms with van der Waals surface area (Å²) in [5.74, 6) is 0.885. The van der Waals surface area contributed by atoms with Crippen molar-refractivity contribution in [2.45, 2.75) is 6.54 Å². The molecule has 4 aromatic carbocycles. The van der Waals surface area contributed by atoms with Crippen LogP contribution in [0.5, 0.6) is 0 Å². The zero-order valence-electron chi connectivity index (χ0n) is 19.6. The predicted octanol–water partition coefficient (Wildman–Crippen LogP) is 9.08. The maximum Gasteiger partial charge on any atom is 0.191 e. The van der Waals surface area contributed by atoms with Crippen molar-refractivity contribution in [3.63, 3.8) is 0 Å². The molecule has 0 bridgehead atoms. The van der Waals surface area contributed by atoms with Crippen LogP contribution in [0.25, 0.3) is 32.8 Å². The number of nitrogens with zero attached hydrogens (tertiary/aromatic N) is 2. The third kappa shape index (κ3) is 4.47. The highest BCUT2D eigenvalue weighted by Gasteiger charge is 2.23. The summed E-state index contributed by atoms with van der Waals surface area (Å²) >= 11 is 1.71. The topological polar surface area (TPSA) is 29.3 Å². The van der Waals surface area contributed by atoms with Crippen LogP contribution in [0.1, 0.15) is 5.76 Å². The summed E-state index contributed by atoms with van der Waals surface area (Å²) in [7, 11) is 0. The lowest BCUT2D eigenvalue weighted by Crippen LogP contribution is -2.16. The smallest absolute Gasteiger partial charge is 0.191 e. The van der Waals surface area contributed by atoms with Crippen molar-refractivity contribution in [1.29, 1.82) is 0 Å². The number of hydrogen-bond donors (Lipinski definition) is 0. The quantitative estimate of drug-likeness (QED) is 0.226. The molecular formula is C32H24N2OS. The number of hydrogen-bond acceptors (Lipinski definition) is 4. The van der Waals surface area contributed by atoms with Crippen LogP contribution in [0.2, 0.25) is 0 Å². The fourth-order valence-corrected chi connectivity index (χ4v) is 5.49. The van der Waals surface area contributed by atoms with E-state index in [4.69, 9.17) is 9.40 Å². The largest absolute Gasteiger partial charge is 0.467 e. The Labute approximate surface area is 214 Å². The summed E-state index contributed by atoms with van der Waals surface area (Å²) in [4.78, 5) is 8.67. The Hall–Kier alpha value is -4.41. The first-order valence-corrected chi connectivity index (χ1v) is 12.7. The van der Waals surface area contributed by atoms with Gasteiger partial charge in [0.25, 0.3) is 0 Å². The van der Waals surface area contributed by atoms with Crippen LogP contribution in [-0.2, 0) is 6.54 Å². The van der Waals surface area contributed by atoms with Crippen LogP contribution < -0.4 is 4.90 Å².